The SMILES string of the molecule is Cn1c(SCC(=O)Nc2ccccc2SC(F)F)nnc1-c1cccs1. The molecule has 0 spiro atoms. The van der Waals surface area contributed by atoms with Crippen LogP contribution < -0.4 is 5.32 Å². The first-order valence-corrected chi connectivity index (χ1v) is 10.2. The molecule has 0 unspecified atom stereocenters. The summed E-state index contributed by atoms with van der Waals surface area (Å²) in [6.07, 6.45) is 0. The van der Waals surface area contributed by atoms with Gasteiger partial charge in [-0.2, -0.15) is 8.78 Å². The average Bonchev–Trinajstić information content (AvgIpc) is 3.24. The van der Waals surface area contributed by atoms with Gasteiger partial charge in [-0.3, -0.25) is 4.79 Å². The van der Waals surface area contributed by atoms with Crippen LogP contribution in [-0.2, 0) is 11.8 Å². The number of hydrogen-bond acceptors (Lipinski definition) is 6. The number of para-hydroxylation sites is 1. The molecule has 0 radical (unpaired) electrons. The van der Waals surface area contributed by atoms with Gasteiger partial charge in [0.05, 0.1) is 16.3 Å². The monoisotopic (exact) mass is 412 g/mol. The Hall–Kier alpha value is -1.91. The largest absolute Gasteiger partial charge is 0.324 e. The van der Waals surface area contributed by atoms with Crippen molar-refractivity contribution in [3.8, 4) is 10.7 Å². The van der Waals surface area contributed by atoms with Crippen LogP contribution in [0.1, 0.15) is 0 Å². The smallest absolute Gasteiger partial charge is 0.288 e. The lowest BCUT2D eigenvalue weighted by atomic mass is 10.3. The van der Waals surface area contributed by atoms with Gasteiger partial charge in [0.2, 0.25) is 5.91 Å². The van der Waals surface area contributed by atoms with E-state index in [-0.39, 0.29) is 11.7 Å². The number of aromatic nitrogens is 3. The third-order valence-corrected chi connectivity index (χ3v) is 5.96. The Bertz CT molecular complexity index is 884. The highest BCUT2D eigenvalue weighted by Gasteiger charge is 2.15. The highest BCUT2D eigenvalue weighted by atomic mass is 32.2. The van der Waals surface area contributed by atoms with E-state index in [0.29, 0.717) is 27.5 Å². The molecule has 0 saturated carbocycles. The Morgan fingerprint density at radius 2 is 2.08 bits per heavy atom. The molecule has 136 valence electrons. The van der Waals surface area contributed by atoms with Crippen molar-refractivity contribution in [3.05, 3.63) is 41.8 Å². The summed E-state index contributed by atoms with van der Waals surface area (Å²) in [7, 11) is 1.84. The van der Waals surface area contributed by atoms with Crippen LogP contribution in [-0.4, -0.2) is 32.2 Å². The molecule has 1 amide bonds. The minimum atomic E-state index is -2.54. The third-order valence-electron chi connectivity index (χ3n) is 3.29. The number of amides is 1. The standard InChI is InChI=1S/C16H14F2N4OS3/c1-22-14(12-7-4-8-24-12)20-21-16(22)25-9-13(23)19-10-5-2-3-6-11(10)26-15(17)18/h2-8,15H,9H2,1H3,(H,19,23). The summed E-state index contributed by atoms with van der Waals surface area (Å²) < 4.78 is 27.0. The Labute approximate surface area is 161 Å². The van der Waals surface area contributed by atoms with Crippen molar-refractivity contribution < 1.29 is 13.6 Å². The van der Waals surface area contributed by atoms with Gasteiger partial charge in [-0.25, -0.2) is 0 Å². The second-order valence-electron chi connectivity index (χ2n) is 5.05. The number of nitrogens with one attached hydrogen (secondary N) is 1. The van der Waals surface area contributed by atoms with E-state index in [1.807, 2.05) is 29.1 Å². The molecule has 2 heterocycles. The Morgan fingerprint density at radius 1 is 1.27 bits per heavy atom. The molecule has 26 heavy (non-hydrogen) atoms. The topological polar surface area (TPSA) is 59.8 Å². The molecule has 1 N–H and O–H groups in total. The van der Waals surface area contributed by atoms with Crippen molar-refractivity contribution in [2.24, 2.45) is 7.05 Å². The van der Waals surface area contributed by atoms with E-state index in [1.165, 1.54) is 11.8 Å². The number of thioether (sulfide) groups is 2. The summed E-state index contributed by atoms with van der Waals surface area (Å²) in [6.45, 7) is 0. The molecule has 0 bridgehead atoms. The Balaban J connectivity index is 1.62. The van der Waals surface area contributed by atoms with Gasteiger partial charge in [0.15, 0.2) is 11.0 Å². The molecule has 0 aliphatic carbocycles. The highest BCUT2D eigenvalue weighted by Crippen LogP contribution is 2.32. The van der Waals surface area contributed by atoms with E-state index in [2.05, 4.69) is 15.5 Å². The van der Waals surface area contributed by atoms with Crippen LogP contribution in [0.2, 0.25) is 0 Å². The number of carbonyl (C=O) groups is 1. The summed E-state index contributed by atoms with van der Waals surface area (Å²) in [5.74, 6) is -2.00. The van der Waals surface area contributed by atoms with Gasteiger partial charge in [-0.15, -0.1) is 21.5 Å². The first kappa shape index (κ1) is 18.9. The lowest BCUT2D eigenvalue weighted by Crippen LogP contribution is -2.15. The zero-order valence-corrected chi connectivity index (χ0v) is 16.0. The summed E-state index contributed by atoms with van der Waals surface area (Å²) in [5.41, 5.74) is 0.376. The molecule has 2 aromatic heterocycles. The molecule has 0 aliphatic heterocycles. The van der Waals surface area contributed by atoms with Crippen LogP contribution in [0, 0.1) is 0 Å². The normalized spacial score (nSPS) is 11.1. The first-order valence-electron chi connectivity index (χ1n) is 7.44. The second kappa shape index (κ2) is 8.65. The van der Waals surface area contributed by atoms with Gasteiger partial charge in [0.1, 0.15) is 0 Å². The van der Waals surface area contributed by atoms with E-state index in [0.717, 1.165) is 10.7 Å². The van der Waals surface area contributed by atoms with Crippen LogP contribution in [0.5, 0.6) is 0 Å². The minimum Gasteiger partial charge on any atom is -0.324 e. The maximum absolute atomic E-state index is 12.6. The number of thiophene rings is 1. The lowest BCUT2D eigenvalue weighted by Gasteiger charge is -2.10. The van der Waals surface area contributed by atoms with Crippen molar-refractivity contribution in [3.63, 3.8) is 0 Å². The average molecular weight is 413 g/mol. The van der Waals surface area contributed by atoms with Crippen LogP contribution in [0.3, 0.4) is 0 Å². The Morgan fingerprint density at radius 3 is 2.81 bits per heavy atom. The van der Waals surface area contributed by atoms with Crippen molar-refractivity contribution in [1.82, 2.24) is 14.8 Å². The van der Waals surface area contributed by atoms with Gasteiger partial charge in [-0.1, -0.05) is 41.7 Å². The second-order valence-corrected chi connectivity index (χ2v) is 7.98. The molecule has 10 heteroatoms. The number of alkyl halides is 2. The van der Waals surface area contributed by atoms with E-state index in [4.69, 9.17) is 0 Å². The van der Waals surface area contributed by atoms with E-state index in [9.17, 15) is 13.6 Å². The predicted molar refractivity (Wildman–Crippen MR) is 102 cm³/mol. The fraction of sp³-hybridized carbons (Fsp3) is 0.188. The maximum atomic E-state index is 12.6. The van der Waals surface area contributed by atoms with Gasteiger partial charge < -0.3 is 9.88 Å². The third kappa shape index (κ3) is 4.63. The van der Waals surface area contributed by atoms with E-state index < -0.39 is 5.76 Å². The summed E-state index contributed by atoms with van der Waals surface area (Å²) in [5, 5.41) is 13.5. The predicted octanol–water partition coefficient (Wildman–Crippen LogP) is 4.59. The molecule has 1 aromatic carbocycles. The molecule has 0 fully saturated rings. The molecular weight excluding hydrogens is 398 g/mol. The first-order chi connectivity index (χ1) is 12.5. The summed E-state index contributed by atoms with van der Waals surface area (Å²) >= 11 is 3.21. The van der Waals surface area contributed by atoms with Crippen LogP contribution in [0.4, 0.5) is 14.5 Å². The molecule has 0 atom stereocenters. The number of rotatable bonds is 7. The highest BCUT2D eigenvalue weighted by molar-refractivity contribution is 8.00. The van der Waals surface area contributed by atoms with Crippen LogP contribution >= 0.6 is 34.9 Å². The van der Waals surface area contributed by atoms with Crippen molar-refractivity contribution in [2.75, 3.05) is 11.1 Å². The fourth-order valence-corrected chi connectivity index (χ4v) is 4.20. The number of benzene rings is 1. The van der Waals surface area contributed by atoms with Crippen molar-refractivity contribution in [2.45, 2.75) is 15.8 Å². The summed E-state index contributed by atoms with van der Waals surface area (Å²) in [4.78, 5) is 13.5. The molecule has 0 saturated heterocycles. The van der Waals surface area contributed by atoms with Crippen molar-refractivity contribution in [1.29, 1.82) is 0 Å². The fourth-order valence-electron chi connectivity index (χ4n) is 2.15. The number of hydrogen-bond donors (Lipinski definition) is 1. The van der Waals surface area contributed by atoms with E-state index in [1.54, 1.807) is 35.6 Å². The zero-order chi connectivity index (χ0) is 18.5. The van der Waals surface area contributed by atoms with E-state index >= 15 is 0 Å². The Kier molecular flexibility index (Phi) is 6.28. The molecule has 5 nitrogen and oxygen atoms in total. The molecule has 3 rings (SSSR count). The van der Waals surface area contributed by atoms with Crippen LogP contribution in [0.25, 0.3) is 10.7 Å². The van der Waals surface area contributed by atoms with Gasteiger partial charge in [0, 0.05) is 11.9 Å². The number of carbonyl (C=O) groups excluding carboxylic acids is 1. The molecule has 0 aliphatic rings. The van der Waals surface area contributed by atoms with Gasteiger partial charge in [0.25, 0.3) is 5.76 Å². The number of anilines is 1. The minimum absolute atomic E-state index is 0.101. The maximum Gasteiger partial charge on any atom is 0.288 e. The van der Waals surface area contributed by atoms with Gasteiger partial charge >= 0.3 is 0 Å². The quantitative estimate of drug-likeness (QED) is 0.575. The zero-order valence-electron chi connectivity index (χ0n) is 13.6. The number of halogens is 2. The molecular formula is C16H14F2N4OS3. The number of nitrogens with zero attached hydrogens (tertiary/aromatic N) is 3. The summed E-state index contributed by atoms with van der Waals surface area (Å²) in [6, 6.07) is 10.4. The van der Waals surface area contributed by atoms with Crippen molar-refractivity contribution >= 4 is 46.5 Å². The van der Waals surface area contributed by atoms with Gasteiger partial charge in [-0.05, 0) is 23.6 Å². The molecule has 3 aromatic rings. The van der Waals surface area contributed by atoms with Crippen LogP contribution in [0.15, 0.2) is 51.8 Å². The lowest BCUT2D eigenvalue weighted by molar-refractivity contribution is -0.113.